The Kier molecular flexibility index (Phi) is 6.94. The lowest BCUT2D eigenvalue weighted by Gasteiger charge is -2.04. The quantitative estimate of drug-likeness (QED) is 0.668. The highest BCUT2D eigenvalue weighted by molar-refractivity contribution is 4.95. The molecule has 17 heavy (non-hydrogen) atoms. The molecule has 0 saturated carbocycles. The van der Waals surface area contributed by atoms with Crippen LogP contribution in [0.4, 0.5) is 0 Å². The highest BCUT2D eigenvalue weighted by Gasteiger charge is 1.98. The number of hydrogen-bond donors (Lipinski definition) is 1. The Labute approximate surface area is 106 Å². The fraction of sp³-hybridized carbons (Fsp3) is 0.786. The van der Waals surface area contributed by atoms with Crippen molar-refractivity contribution >= 4 is 0 Å². The molecule has 0 unspecified atom stereocenters. The van der Waals surface area contributed by atoms with Crippen LogP contribution < -0.4 is 5.32 Å². The van der Waals surface area contributed by atoms with Crippen molar-refractivity contribution < 1.29 is 0 Å². The van der Waals surface area contributed by atoms with E-state index in [-0.39, 0.29) is 0 Å². The maximum absolute atomic E-state index is 4.34. The summed E-state index contributed by atoms with van der Waals surface area (Å²) in [4.78, 5) is 4.34. The summed E-state index contributed by atoms with van der Waals surface area (Å²) in [7, 11) is 1.95. The van der Waals surface area contributed by atoms with Crippen LogP contribution in [0.25, 0.3) is 0 Å². The molecule has 1 N–H and O–H groups in total. The van der Waals surface area contributed by atoms with E-state index in [1.807, 2.05) is 13.4 Å². The van der Waals surface area contributed by atoms with Crippen LogP contribution in [0.1, 0.15) is 51.6 Å². The third kappa shape index (κ3) is 6.47. The molecule has 3 nitrogen and oxygen atoms in total. The first kappa shape index (κ1) is 14.2. The fourth-order valence-electron chi connectivity index (χ4n) is 2.00. The summed E-state index contributed by atoms with van der Waals surface area (Å²) in [6.45, 7) is 6.57. The van der Waals surface area contributed by atoms with Crippen molar-refractivity contribution in [3.63, 3.8) is 0 Å². The molecular weight excluding hydrogens is 210 g/mol. The molecule has 0 saturated heterocycles. The molecule has 0 aliphatic heterocycles. The van der Waals surface area contributed by atoms with Gasteiger partial charge >= 0.3 is 0 Å². The second kappa shape index (κ2) is 8.29. The first-order valence-electron chi connectivity index (χ1n) is 6.87. The zero-order valence-electron chi connectivity index (χ0n) is 11.6. The standard InChI is InChI=1S/C14H27N3/c1-13(2)8-6-4-5-7-9-17-11-14(10-15-3)16-12-17/h11-13,15H,4-10H2,1-3H3. The van der Waals surface area contributed by atoms with Gasteiger partial charge in [0.1, 0.15) is 0 Å². The number of nitrogens with one attached hydrogen (secondary N) is 1. The first-order chi connectivity index (χ1) is 8.22. The highest BCUT2D eigenvalue weighted by Crippen LogP contribution is 2.10. The molecule has 3 heteroatoms. The molecule has 98 valence electrons. The molecule has 0 bridgehead atoms. The lowest BCUT2D eigenvalue weighted by atomic mass is 10.0. The number of hydrogen-bond acceptors (Lipinski definition) is 2. The SMILES string of the molecule is CNCc1cn(CCCCCCC(C)C)cn1. The van der Waals surface area contributed by atoms with E-state index in [0.29, 0.717) is 0 Å². The minimum atomic E-state index is 0.854. The fourth-order valence-corrected chi connectivity index (χ4v) is 2.00. The van der Waals surface area contributed by atoms with Gasteiger partial charge in [-0.15, -0.1) is 0 Å². The Hall–Kier alpha value is -0.830. The van der Waals surface area contributed by atoms with E-state index in [2.05, 4.69) is 34.9 Å². The Balaban J connectivity index is 2.05. The summed E-state index contributed by atoms with van der Waals surface area (Å²) in [5.41, 5.74) is 1.13. The minimum Gasteiger partial charge on any atom is -0.337 e. The molecular formula is C14H27N3. The second-order valence-corrected chi connectivity index (χ2v) is 5.23. The van der Waals surface area contributed by atoms with Gasteiger partial charge in [-0.05, 0) is 19.4 Å². The maximum Gasteiger partial charge on any atom is 0.0949 e. The summed E-state index contributed by atoms with van der Waals surface area (Å²) in [5, 5.41) is 3.12. The van der Waals surface area contributed by atoms with Crippen LogP contribution in [0, 0.1) is 5.92 Å². The van der Waals surface area contributed by atoms with Crippen LogP contribution >= 0.6 is 0 Å². The molecule has 0 fully saturated rings. The summed E-state index contributed by atoms with van der Waals surface area (Å²) in [6.07, 6.45) is 10.8. The van der Waals surface area contributed by atoms with Gasteiger partial charge in [0.15, 0.2) is 0 Å². The van der Waals surface area contributed by atoms with E-state index in [9.17, 15) is 0 Å². The molecule has 0 spiro atoms. The summed E-state index contributed by atoms with van der Waals surface area (Å²) < 4.78 is 2.20. The van der Waals surface area contributed by atoms with Gasteiger partial charge in [0, 0.05) is 19.3 Å². The highest BCUT2D eigenvalue weighted by atomic mass is 15.0. The van der Waals surface area contributed by atoms with Gasteiger partial charge in [0.05, 0.1) is 12.0 Å². The largest absolute Gasteiger partial charge is 0.337 e. The lowest BCUT2D eigenvalue weighted by molar-refractivity contribution is 0.505. The van der Waals surface area contributed by atoms with Crippen molar-refractivity contribution in [3.05, 3.63) is 18.2 Å². The average Bonchev–Trinajstić information content (AvgIpc) is 2.71. The predicted octanol–water partition coefficient (Wildman–Crippen LogP) is 3.21. The van der Waals surface area contributed by atoms with Crippen molar-refractivity contribution in [1.29, 1.82) is 0 Å². The molecule has 0 aliphatic carbocycles. The van der Waals surface area contributed by atoms with Gasteiger partial charge in [-0.1, -0.05) is 39.5 Å². The summed E-state index contributed by atoms with van der Waals surface area (Å²) >= 11 is 0. The molecule has 0 amide bonds. The monoisotopic (exact) mass is 237 g/mol. The molecule has 0 aromatic carbocycles. The number of aryl methyl sites for hydroxylation is 1. The van der Waals surface area contributed by atoms with Crippen molar-refractivity contribution in [2.45, 2.75) is 59.0 Å². The van der Waals surface area contributed by atoms with E-state index < -0.39 is 0 Å². The normalized spacial score (nSPS) is 11.3. The molecule has 0 radical (unpaired) electrons. The van der Waals surface area contributed by atoms with Gasteiger partial charge in [0.2, 0.25) is 0 Å². The van der Waals surface area contributed by atoms with Crippen LogP contribution in [0.15, 0.2) is 12.5 Å². The van der Waals surface area contributed by atoms with Gasteiger partial charge in [-0.25, -0.2) is 4.98 Å². The lowest BCUT2D eigenvalue weighted by Crippen LogP contribution is -2.05. The van der Waals surface area contributed by atoms with E-state index >= 15 is 0 Å². The zero-order valence-corrected chi connectivity index (χ0v) is 11.6. The van der Waals surface area contributed by atoms with E-state index in [4.69, 9.17) is 0 Å². The maximum atomic E-state index is 4.34. The van der Waals surface area contributed by atoms with Crippen molar-refractivity contribution in [1.82, 2.24) is 14.9 Å². The third-order valence-electron chi connectivity index (χ3n) is 2.99. The third-order valence-corrected chi connectivity index (χ3v) is 2.99. The molecule has 0 atom stereocenters. The first-order valence-corrected chi connectivity index (χ1v) is 6.87. The second-order valence-electron chi connectivity index (χ2n) is 5.23. The Morgan fingerprint density at radius 2 is 2.00 bits per heavy atom. The minimum absolute atomic E-state index is 0.854. The van der Waals surface area contributed by atoms with Gasteiger partial charge in [0.25, 0.3) is 0 Å². The van der Waals surface area contributed by atoms with Crippen molar-refractivity contribution in [3.8, 4) is 0 Å². The topological polar surface area (TPSA) is 29.9 Å². The Bertz CT molecular complexity index is 291. The van der Waals surface area contributed by atoms with Crippen LogP contribution in [0.5, 0.6) is 0 Å². The summed E-state index contributed by atoms with van der Waals surface area (Å²) in [6, 6.07) is 0. The number of unbranched alkanes of at least 4 members (excludes halogenated alkanes) is 3. The van der Waals surface area contributed by atoms with Crippen LogP contribution in [-0.2, 0) is 13.1 Å². The molecule has 1 aromatic rings. The molecule has 0 aliphatic rings. The predicted molar refractivity (Wildman–Crippen MR) is 72.9 cm³/mol. The summed E-state index contributed by atoms with van der Waals surface area (Å²) in [5.74, 6) is 0.854. The van der Waals surface area contributed by atoms with E-state index in [0.717, 1.165) is 24.7 Å². The van der Waals surface area contributed by atoms with E-state index in [1.54, 1.807) is 0 Å². The number of imidazole rings is 1. The zero-order chi connectivity index (χ0) is 12.5. The average molecular weight is 237 g/mol. The molecule has 1 rings (SSSR count). The van der Waals surface area contributed by atoms with Gasteiger partial charge < -0.3 is 9.88 Å². The van der Waals surface area contributed by atoms with Crippen molar-refractivity contribution in [2.24, 2.45) is 5.92 Å². The number of nitrogens with zero attached hydrogens (tertiary/aromatic N) is 2. The van der Waals surface area contributed by atoms with E-state index in [1.165, 1.54) is 32.1 Å². The van der Waals surface area contributed by atoms with Gasteiger partial charge in [-0.2, -0.15) is 0 Å². The Morgan fingerprint density at radius 3 is 2.71 bits per heavy atom. The number of aromatic nitrogens is 2. The number of rotatable bonds is 9. The van der Waals surface area contributed by atoms with Crippen molar-refractivity contribution in [2.75, 3.05) is 7.05 Å². The smallest absolute Gasteiger partial charge is 0.0949 e. The van der Waals surface area contributed by atoms with Crippen LogP contribution in [-0.4, -0.2) is 16.6 Å². The molecule has 1 aromatic heterocycles. The van der Waals surface area contributed by atoms with Gasteiger partial charge in [-0.3, -0.25) is 0 Å². The van der Waals surface area contributed by atoms with Crippen LogP contribution in [0.2, 0.25) is 0 Å². The van der Waals surface area contributed by atoms with Crippen LogP contribution in [0.3, 0.4) is 0 Å². The Morgan fingerprint density at radius 1 is 1.24 bits per heavy atom. The molecule has 1 heterocycles.